The Labute approximate surface area is 96.4 Å². The molecule has 0 unspecified atom stereocenters. The number of nitrogens with two attached hydrogens (primary N) is 1. The average molecular weight is 267 g/mol. The minimum atomic E-state index is 0.210. The molecule has 15 heavy (non-hydrogen) atoms. The van der Waals surface area contributed by atoms with E-state index in [1.54, 1.807) is 0 Å². The molecule has 0 aliphatic carbocycles. The van der Waals surface area contributed by atoms with Crippen LogP contribution in [-0.2, 0) is 0 Å². The van der Waals surface area contributed by atoms with E-state index in [2.05, 4.69) is 20.9 Å². The lowest BCUT2D eigenvalue weighted by Gasteiger charge is -2.03. The fourth-order valence-electron chi connectivity index (χ4n) is 1.51. The van der Waals surface area contributed by atoms with E-state index in [1.165, 1.54) is 0 Å². The number of halogens is 1. The van der Waals surface area contributed by atoms with Gasteiger partial charge in [0.2, 0.25) is 0 Å². The van der Waals surface area contributed by atoms with Crippen molar-refractivity contribution in [2.45, 2.75) is 13.8 Å². The molecule has 0 aliphatic heterocycles. The standard InChI is InChI=1S/C11H11BrN2O/c1-6-3-4-8(12)5-9(6)10-7(2)14-11(13)15-10/h3-5H,1-2H3,(H2,13,14). The third kappa shape index (κ3) is 1.90. The topological polar surface area (TPSA) is 52.0 Å². The first kappa shape index (κ1) is 10.2. The first-order chi connectivity index (χ1) is 7.08. The molecule has 1 aromatic heterocycles. The highest BCUT2D eigenvalue weighted by Crippen LogP contribution is 2.30. The van der Waals surface area contributed by atoms with Gasteiger partial charge in [0.05, 0.1) is 5.69 Å². The molecular weight excluding hydrogens is 256 g/mol. The van der Waals surface area contributed by atoms with Crippen LogP contribution in [0.1, 0.15) is 11.3 Å². The summed E-state index contributed by atoms with van der Waals surface area (Å²) in [5.41, 5.74) is 8.49. The third-order valence-electron chi connectivity index (χ3n) is 2.26. The molecule has 0 aliphatic rings. The number of nitrogens with zero attached hydrogens (tertiary/aromatic N) is 1. The van der Waals surface area contributed by atoms with Gasteiger partial charge in [0.1, 0.15) is 0 Å². The van der Waals surface area contributed by atoms with Gasteiger partial charge >= 0.3 is 0 Å². The van der Waals surface area contributed by atoms with Gasteiger partial charge in [0.15, 0.2) is 5.76 Å². The first-order valence-electron chi connectivity index (χ1n) is 4.57. The van der Waals surface area contributed by atoms with Gasteiger partial charge in [-0.05, 0) is 31.5 Å². The molecule has 0 radical (unpaired) electrons. The Balaban J connectivity index is 2.62. The van der Waals surface area contributed by atoms with Crippen LogP contribution in [0.15, 0.2) is 27.1 Å². The quantitative estimate of drug-likeness (QED) is 0.862. The monoisotopic (exact) mass is 266 g/mol. The minimum absolute atomic E-state index is 0.210. The average Bonchev–Trinajstić information content (AvgIpc) is 2.50. The minimum Gasteiger partial charge on any atom is -0.423 e. The summed E-state index contributed by atoms with van der Waals surface area (Å²) < 4.78 is 6.39. The van der Waals surface area contributed by atoms with E-state index in [0.29, 0.717) is 0 Å². The Morgan fingerprint density at radius 1 is 1.33 bits per heavy atom. The summed E-state index contributed by atoms with van der Waals surface area (Å²) in [5, 5.41) is 0. The molecule has 0 saturated carbocycles. The number of hydrogen-bond acceptors (Lipinski definition) is 3. The normalized spacial score (nSPS) is 10.6. The zero-order valence-corrected chi connectivity index (χ0v) is 10.1. The summed E-state index contributed by atoms with van der Waals surface area (Å²) in [6, 6.07) is 6.23. The zero-order chi connectivity index (χ0) is 11.0. The van der Waals surface area contributed by atoms with Crippen LogP contribution in [0.25, 0.3) is 11.3 Å². The highest BCUT2D eigenvalue weighted by molar-refractivity contribution is 9.10. The maximum atomic E-state index is 5.52. The lowest BCUT2D eigenvalue weighted by molar-refractivity contribution is 0.593. The summed E-state index contributed by atoms with van der Waals surface area (Å²) in [4.78, 5) is 4.05. The van der Waals surface area contributed by atoms with Crippen molar-refractivity contribution in [2.24, 2.45) is 0 Å². The van der Waals surface area contributed by atoms with E-state index in [1.807, 2.05) is 32.0 Å². The highest BCUT2D eigenvalue weighted by atomic mass is 79.9. The largest absolute Gasteiger partial charge is 0.423 e. The number of rotatable bonds is 1. The van der Waals surface area contributed by atoms with Crippen molar-refractivity contribution in [2.75, 3.05) is 5.73 Å². The fraction of sp³-hybridized carbons (Fsp3) is 0.182. The molecule has 2 N–H and O–H groups in total. The Kier molecular flexibility index (Phi) is 2.52. The number of benzene rings is 1. The van der Waals surface area contributed by atoms with Crippen molar-refractivity contribution in [3.05, 3.63) is 33.9 Å². The molecule has 3 nitrogen and oxygen atoms in total. The molecule has 0 spiro atoms. The van der Waals surface area contributed by atoms with Gasteiger partial charge in [0, 0.05) is 10.0 Å². The van der Waals surface area contributed by atoms with Gasteiger partial charge in [-0.25, -0.2) is 0 Å². The molecule has 78 valence electrons. The molecule has 0 fully saturated rings. The summed E-state index contributed by atoms with van der Waals surface area (Å²) in [7, 11) is 0. The molecule has 2 rings (SSSR count). The molecule has 0 saturated heterocycles. The summed E-state index contributed by atoms with van der Waals surface area (Å²) in [6.07, 6.45) is 0. The van der Waals surface area contributed by atoms with E-state index in [0.717, 1.165) is 27.1 Å². The number of anilines is 1. The Hall–Kier alpha value is -1.29. The second-order valence-corrected chi connectivity index (χ2v) is 4.34. The summed E-state index contributed by atoms with van der Waals surface area (Å²) in [5.74, 6) is 0.742. The first-order valence-corrected chi connectivity index (χ1v) is 5.36. The fourth-order valence-corrected chi connectivity index (χ4v) is 1.87. The van der Waals surface area contributed by atoms with Gasteiger partial charge in [0.25, 0.3) is 6.01 Å². The predicted octanol–water partition coefficient (Wildman–Crippen LogP) is 3.30. The third-order valence-corrected chi connectivity index (χ3v) is 2.75. The Bertz CT molecular complexity index is 505. The Morgan fingerprint density at radius 3 is 2.67 bits per heavy atom. The molecule has 1 heterocycles. The maximum absolute atomic E-state index is 5.52. The smallest absolute Gasteiger partial charge is 0.292 e. The zero-order valence-electron chi connectivity index (χ0n) is 8.54. The number of aryl methyl sites for hydroxylation is 2. The van der Waals surface area contributed by atoms with Crippen LogP contribution < -0.4 is 5.73 Å². The maximum Gasteiger partial charge on any atom is 0.292 e. The van der Waals surface area contributed by atoms with Crippen molar-refractivity contribution >= 4 is 21.9 Å². The molecule has 0 bridgehead atoms. The molecule has 0 amide bonds. The SMILES string of the molecule is Cc1ccc(Br)cc1-c1oc(N)nc1C. The lowest BCUT2D eigenvalue weighted by atomic mass is 10.1. The van der Waals surface area contributed by atoms with Gasteiger partial charge in [-0.1, -0.05) is 22.0 Å². The summed E-state index contributed by atoms with van der Waals surface area (Å²) in [6.45, 7) is 3.91. The van der Waals surface area contributed by atoms with Crippen LogP contribution in [0, 0.1) is 13.8 Å². The van der Waals surface area contributed by atoms with Crippen molar-refractivity contribution in [1.82, 2.24) is 4.98 Å². The molecule has 2 aromatic rings. The van der Waals surface area contributed by atoms with Crippen molar-refractivity contribution < 1.29 is 4.42 Å². The molecule has 1 aromatic carbocycles. The van der Waals surface area contributed by atoms with Crippen molar-refractivity contribution in [1.29, 1.82) is 0 Å². The lowest BCUT2D eigenvalue weighted by Crippen LogP contribution is -1.84. The van der Waals surface area contributed by atoms with Gasteiger partial charge < -0.3 is 10.2 Å². The number of oxazole rings is 1. The van der Waals surface area contributed by atoms with Crippen LogP contribution in [0.3, 0.4) is 0 Å². The van der Waals surface area contributed by atoms with Gasteiger partial charge in [-0.3, -0.25) is 0 Å². The number of nitrogen functional groups attached to an aromatic ring is 1. The van der Waals surface area contributed by atoms with Crippen molar-refractivity contribution in [3.63, 3.8) is 0 Å². The van der Waals surface area contributed by atoms with Crippen LogP contribution in [0.5, 0.6) is 0 Å². The van der Waals surface area contributed by atoms with Gasteiger partial charge in [-0.2, -0.15) is 4.98 Å². The van der Waals surface area contributed by atoms with Crippen molar-refractivity contribution in [3.8, 4) is 11.3 Å². The molecule has 0 atom stereocenters. The van der Waals surface area contributed by atoms with Crippen LogP contribution >= 0.6 is 15.9 Å². The van der Waals surface area contributed by atoms with E-state index < -0.39 is 0 Å². The highest BCUT2D eigenvalue weighted by Gasteiger charge is 2.12. The Morgan fingerprint density at radius 2 is 2.07 bits per heavy atom. The van der Waals surface area contributed by atoms with Gasteiger partial charge in [-0.15, -0.1) is 0 Å². The second-order valence-electron chi connectivity index (χ2n) is 3.43. The van der Waals surface area contributed by atoms with Crippen LogP contribution in [0.2, 0.25) is 0 Å². The van der Waals surface area contributed by atoms with Crippen LogP contribution in [0.4, 0.5) is 6.01 Å². The molecular formula is C11H11BrN2O. The molecule has 4 heteroatoms. The van der Waals surface area contributed by atoms with E-state index in [9.17, 15) is 0 Å². The second kappa shape index (κ2) is 3.70. The predicted molar refractivity (Wildman–Crippen MR) is 63.5 cm³/mol. The summed E-state index contributed by atoms with van der Waals surface area (Å²) >= 11 is 3.43. The van der Waals surface area contributed by atoms with Crippen LogP contribution in [-0.4, -0.2) is 4.98 Å². The van der Waals surface area contributed by atoms with E-state index >= 15 is 0 Å². The van der Waals surface area contributed by atoms with E-state index in [4.69, 9.17) is 10.2 Å². The number of aromatic nitrogens is 1. The van der Waals surface area contributed by atoms with E-state index in [-0.39, 0.29) is 6.01 Å². The number of hydrogen-bond donors (Lipinski definition) is 1.